The first-order valence-corrected chi connectivity index (χ1v) is 6.52. The van der Waals surface area contributed by atoms with Gasteiger partial charge in [0.2, 0.25) is 0 Å². The fourth-order valence-corrected chi connectivity index (χ4v) is 2.82. The van der Waals surface area contributed by atoms with E-state index in [4.69, 9.17) is 0 Å². The van der Waals surface area contributed by atoms with Gasteiger partial charge in [0.15, 0.2) is 5.65 Å². The molecule has 0 unspecified atom stereocenters. The van der Waals surface area contributed by atoms with Crippen molar-refractivity contribution in [3.8, 4) is 0 Å². The highest BCUT2D eigenvalue weighted by atomic mass is 79.9. The zero-order chi connectivity index (χ0) is 11.7. The number of pyridine rings is 1. The minimum absolute atomic E-state index is 0.779. The SMILES string of the molecule is Brc1cn2ccnc2c(Sc2ccccn2)n1. The molecule has 0 fully saturated rings. The Balaban J connectivity index is 2.08. The van der Waals surface area contributed by atoms with E-state index in [0.29, 0.717) is 0 Å². The molecule has 0 amide bonds. The minimum atomic E-state index is 0.779. The van der Waals surface area contributed by atoms with Crippen LogP contribution >= 0.6 is 27.7 Å². The largest absolute Gasteiger partial charge is 0.302 e. The van der Waals surface area contributed by atoms with Gasteiger partial charge < -0.3 is 4.40 Å². The van der Waals surface area contributed by atoms with E-state index >= 15 is 0 Å². The Bertz CT molecular complexity index is 653. The quantitative estimate of drug-likeness (QED) is 0.730. The van der Waals surface area contributed by atoms with Crippen molar-refractivity contribution < 1.29 is 0 Å². The van der Waals surface area contributed by atoms with Crippen LogP contribution in [0.1, 0.15) is 0 Å². The Labute approximate surface area is 110 Å². The standard InChI is InChI=1S/C11H7BrN4S/c12-8-7-16-6-5-14-10(16)11(15-8)17-9-3-1-2-4-13-9/h1-7H. The summed E-state index contributed by atoms with van der Waals surface area (Å²) in [5.41, 5.74) is 0.837. The van der Waals surface area contributed by atoms with Crippen molar-refractivity contribution in [2.24, 2.45) is 0 Å². The lowest BCUT2D eigenvalue weighted by atomic mass is 10.5. The topological polar surface area (TPSA) is 43.1 Å². The van der Waals surface area contributed by atoms with Crippen LogP contribution in [0.4, 0.5) is 0 Å². The molecular formula is C11H7BrN4S. The third-order valence-corrected chi connectivity index (χ3v) is 3.45. The minimum Gasteiger partial charge on any atom is -0.302 e. The van der Waals surface area contributed by atoms with Gasteiger partial charge in [0, 0.05) is 24.8 Å². The Morgan fingerprint density at radius 1 is 1.18 bits per heavy atom. The van der Waals surface area contributed by atoms with Crippen LogP contribution in [0.2, 0.25) is 0 Å². The van der Waals surface area contributed by atoms with Gasteiger partial charge >= 0.3 is 0 Å². The molecule has 0 radical (unpaired) electrons. The van der Waals surface area contributed by atoms with Crippen molar-refractivity contribution in [3.05, 3.63) is 47.6 Å². The number of hydrogen-bond donors (Lipinski definition) is 0. The van der Waals surface area contributed by atoms with Crippen LogP contribution in [-0.4, -0.2) is 19.4 Å². The van der Waals surface area contributed by atoms with Crippen LogP contribution in [-0.2, 0) is 0 Å². The molecule has 0 aromatic carbocycles. The third kappa shape index (κ3) is 2.18. The van der Waals surface area contributed by atoms with E-state index in [2.05, 4.69) is 30.9 Å². The van der Waals surface area contributed by atoms with Crippen LogP contribution < -0.4 is 0 Å². The summed E-state index contributed by atoms with van der Waals surface area (Å²) < 4.78 is 2.71. The molecule has 6 heteroatoms. The second-order valence-corrected chi connectivity index (χ2v) is 5.12. The first-order valence-electron chi connectivity index (χ1n) is 4.91. The molecule has 0 aliphatic carbocycles. The van der Waals surface area contributed by atoms with Gasteiger partial charge in [-0.25, -0.2) is 15.0 Å². The zero-order valence-corrected chi connectivity index (χ0v) is 11.0. The number of fused-ring (bicyclic) bond motifs is 1. The number of aromatic nitrogens is 4. The summed E-state index contributed by atoms with van der Waals surface area (Å²) >= 11 is 4.89. The van der Waals surface area contributed by atoms with Crippen molar-refractivity contribution >= 4 is 33.3 Å². The smallest absolute Gasteiger partial charge is 0.170 e. The number of rotatable bonds is 2. The number of halogens is 1. The lowest BCUT2D eigenvalue weighted by Gasteiger charge is -2.02. The lowest BCUT2D eigenvalue weighted by molar-refractivity contribution is 1.00. The summed E-state index contributed by atoms with van der Waals surface area (Å²) in [6.45, 7) is 0. The third-order valence-electron chi connectivity index (χ3n) is 2.15. The molecule has 0 spiro atoms. The van der Waals surface area contributed by atoms with Gasteiger partial charge in [-0.15, -0.1) is 0 Å². The number of hydrogen-bond acceptors (Lipinski definition) is 4. The van der Waals surface area contributed by atoms with Crippen LogP contribution in [0.5, 0.6) is 0 Å². The predicted molar refractivity (Wildman–Crippen MR) is 69.0 cm³/mol. The van der Waals surface area contributed by atoms with Crippen molar-refractivity contribution in [2.45, 2.75) is 10.1 Å². The van der Waals surface area contributed by atoms with E-state index in [9.17, 15) is 0 Å². The monoisotopic (exact) mass is 306 g/mol. The Morgan fingerprint density at radius 3 is 2.94 bits per heavy atom. The average molecular weight is 307 g/mol. The van der Waals surface area contributed by atoms with Crippen LogP contribution in [0.15, 0.2) is 57.6 Å². The molecular weight excluding hydrogens is 300 g/mol. The van der Waals surface area contributed by atoms with Gasteiger partial charge in [0.1, 0.15) is 14.7 Å². The normalized spacial score (nSPS) is 10.9. The van der Waals surface area contributed by atoms with Gasteiger partial charge in [-0.1, -0.05) is 6.07 Å². The highest BCUT2D eigenvalue weighted by molar-refractivity contribution is 9.10. The molecule has 0 aliphatic rings. The summed E-state index contributed by atoms with van der Waals surface area (Å²) in [6, 6.07) is 5.80. The number of nitrogens with zero attached hydrogens (tertiary/aromatic N) is 4. The van der Waals surface area contributed by atoms with Gasteiger partial charge in [-0.05, 0) is 39.8 Å². The van der Waals surface area contributed by atoms with Crippen molar-refractivity contribution in [3.63, 3.8) is 0 Å². The van der Waals surface area contributed by atoms with Crippen LogP contribution in [0.25, 0.3) is 5.65 Å². The van der Waals surface area contributed by atoms with Crippen molar-refractivity contribution in [2.75, 3.05) is 0 Å². The molecule has 3 rings (SSSR count). The molecule has 0 bridgehead atoms. The maximum atomic E-state index is 4.43. The second-order valence-electron chi connectivity index (χ2n) is 3.30. The van der Waals surface area contributed by atoms with Crippen LogP contribution in [0.3, 0.4) is 0 Å². The van der Waals surface area contributed by atoms with E-state index in [-0.39, 0.29) is 0 Å². The van der Waals surface area contributed by atoms with Crippen molar-refractivity contribution in [1.82, 2.24) is 19.4 Å². The highest BCUT2D eigenvalue weighted by Crippen LogP contribution is 2.28. The number of imidazole rings is 1. The lowest BCUT2D eigenvalue weighted by Crippen LogP contribution is -1.91. The predicted octanol–water partition coefficient (Wildman–Crippen LogP) is 3.04. The van der Waals surface area contributed by atoms with Crippen molar-refractivity contribution in [1.29, 1.82) is 0 Å². The van der Waals surface area contributed by atoms with Gasteiger partial charge in [0.05, 0.1) is 0 Å². The molecule has 3 aromatic heterocycles. The molecule has 0 aliphatic heterocycles. The first kappa shape index (κ1) is 10.7. The van der Waals surface area contributed by atoms with Gasteiger partial charge in [-0.2, -0.15) is 0 Å². The molecule has 84 valence electrons. The summed E-state index contributed by atoms with van der Waals surface area (Å²) in [6.07, 6.45) is 7.30. The second kappa shape index (κ2) is 4.46. The maximum absolute atomic E-state index is 4.43. The van der Waals surface area contributed by atoms with Gasteiger partial charge in [0.25, 0.3) is 0 Å². The fraction of sp³-hybridized carbons (Fsp3) is 0. The molecule has 0 saturated heterocycles. The first-order chi connectivity index (χ1) is 8.33. The molecule has 3 heterocycles. The molecule has 17 heavy (non-hydrogen) atoms. The molecule has 0 N–H and O–H groups in total. The zero-order valence-electron chi connectivity index (χ0n) is 8.62. The highest BCUT2D eigenvalue weighted by Gasteiger charge is 2.08. The summed E-state index contributed by atoms with van der Waals surface area (Å²) in [5, 5.41) is 1.74. The Morgan fingerprint density at radius 2 is 2.12 bits per heavy atom. The van der Waals surface area contributed by atoms with Gasteiger partial charge in [-0.3, -0.25) is 0 Å². The average Bonchev–Trinajstić information content (AvgIpc) is 2.78. The summed E-state index contributed by atoms with van der Waals surface area (Å²) in [4.78, 5) is 13.0. The summed E-state index contributed by atoms with van der Waals surface area (Å²) in [7, 11) is 0. The van der Waals surface area contributed by atoms with E-state index in [1.807, 2.05) is 35.0 Å². The van der Waals surface area contributed by atoms with E-state index < -0.39 is 0 Å². The van der Waals surface area contributed by atoms with E-state index in [1.54, 1.807) is 12.4 Å². The summed E-state index contributed by atoms with van der Waals surface area (Å²) in [5.74, 6) is 0. The maximum Gasteiger partial charge on any atom is 0.170 e. The molecule has 4 nitrogen and oxygen atoms in total. The fourth-order valence-electron chi connectivity index (χ4n) is 1.45. The Hall–Kier alpha value is -1.40. The van der Waals surface area contributed by atoms with Crippen LogP contribution in [0, 0.1) is 0 Å². The molecule has 0 atom stereocenters. The Kier molecular flexibility index (Phi) is 2.82. The van der Waals surface area contributed by atoms with E-state index in [1.165, 1.54) is 11.8 Å². The molecule has 3 aromatic rings. The van der Waals surface area contributed by atoms with E-state index in [0.717, 1.165) is 20.3 Å². The molecule has 0 saturated carbocycles.